The van der Waals surface area contributed by atoms with Gasteiger partial charge in [-0.15, -0.1) is 0 Å². The van der Waals surface area contributed by atoms with Crippen molar-refractivity contribution in [2.75, 3.05) is 7.11 Å². The van der Waals surface area contributed by atoms with Crippen molar-refractivity contribution in [1.82, 2.24) is 9.55 Å². The van der Waals surface area contributed by atoms with Crippen LogP contribution in [0.3, 0.4) is 0 Å². The number of aromatic amines is 1. The molecule has 2 aromatic carbocycles. The molecule has 0 aliphatic carbocycles. The fourth-order valence-electron chi connectivity index (χ4n) is 2.25. The third kappa shape index (κ3) is 2.18. The number of hydrogen-bond acceptors (Lipinski definition) is 3. The molecule has 1 aromatic heterocycles. The molecule has 0 aliphatic rings. The average molecular weight is 299 g/mol. The first-order chi connectivity index (χ1) is 10.1. The number of imidazole rings is 1. The highest BCUT2D eigenvalue weighted by Gasteiger charge is 2.12. The highest BCUT2D eigenvalue weighted by Crippen LogP contribution is 2.28. The molecular formula is C15H10FN3OS. The Bertz CT molecular complexity index is 936. The Kier molecular flexibility index (Phi) is 3.20. The third-order valence-corrected chi connectivity index (χ3v) is 3.48. The number of methoxy groups -OCH3 is 1. The number of fused-ring (bicyclic) bond motifs is 1. The Morgan fingerprint density at radius 3 is 2.81 bits per heavy atom. The second-order valence-corrected chi connectivity index (χ2v) is 4.81. The van der Waals surface area contributed by atoms with Crippen LogP contribution in [0.25, 0.3) is 16.7 Å². The number of rotatable bonds is 2. The molecule has 1 N–H and O–H groups in total. The number of ether oxygens (including phenoxy) is 1. The van der Waals surface area contributed by atoms with Gasteiger partial charge < -0.3 is 9.72 Å². The van der Waals surface area contributed by atoms with E-state index in [4.69, 9.17) is 22.2 Å². The van der Waals surface area contributed by atoms with Crippen molar-refractivity contribution in [3.05, 3.63) is 52.5 Å². The summed E-state index contributed by atoms with van der Waals surface area (Å²) in [4.78, 5) is 3.06. The molecule has 0 bridgehead atoms. The standard InChI is InChI=1S/C15H10FN3OS/c1-20-14-7-10(16)3-5-12(14)19-13-6-9(8-17)2-4-11(13)18-15(19)21/h2-7H,1H3,(H,18,21). The van der Waals surface area contributed by atoms with E-state index in [0.717, 1.165) is 11.0 Å². The minimum atomic E-state index is -0.389. The van der Waals surface area contributed by atoms with Crippen LogP contribution >= 0.6 is 12.2 Å². The lowest BCUT2D eigenvalue weighted by molar-refractivity contribution is 0.409. The van der Waals surface area contributed by atoms with Crippen LogP contribution < -0.4 is 4.74 Å². The predicted octanol–water partition coefficient (Wildman–Crippen LogP) is 3.71. The van der Waals surface area contributed by atoms with Crippen LogP contribution in [0.4, 0.5) is 4.39 Å². The molecule has 3 rings (SSSR count). The summed E-state index contributed by atoms with van der Waals surface area (Å²) < 4.78 is 20.7. The molecule has 6 heteroatoms. The Morgan fingerprint density at radius 1 is 1.29 bits per heavy atom. The SMILES string of the molecule is COc1cc(F)ccc1-n1c(=S)[nH]c2ccc(C#N)cc21. The summed E-state index contributed by atoms with van der Waals surface area (Å²) in [7, 11) is 1.47. The van der Waals surface area contributed by atoms with E-state index >= 15 is 0 Å². The lowest BCUT2D eigenvalue weighted by atomic mass is 10.2. The van der Waals surface area contributed by atoms with Crippen molar-refractivity contribution in [2.24, 2.45) is 0 Å². The minimum absolute atomic E-state index is 0.370. The number of hydrogen-bond donors (Lipinski definition) is 1. The van der Waals surface area contributed by atoms with Gasteiger partial charge in [-0.3, -0.25) is 4.57 Å². The van der Waals surface area contributed by atoms with Gasteiger partial charge in [-0.2, -0.15) is 5.26 Å². The zero-order chi connectivity index (χ0) is 15.0. The summed E-state index contributed by atoms with van der Waals surface area (Å²) in [6, 6.07) is 11.5. The van der Waals surface area contributed by atoms with Crippen LogP contribution in [0.1, 0.15) is 5.56 Å². The van der Waals surface area contributed by atoms with Crippen LogP contribution in [0.2, 0.25) is 0 Å². The normalized spacial score (nSPS) is 10.5. The van der Waals surface area contributed by atoms with Crippen molar-refractivity contribution < 1.29 is 9.13 Å². The summed E-state index contributed by atoms with van der Waals surface area (Å²) in [5, 5.41) is 9.03. The van der Waals surface area contributed by atoms with Gasteiger partial charge in [0.1, 0.15) is 11.6 Å². The van der Waals surface area contributed by atoms with Crippen molar-refractivity contribution in [3.8, 4) is 17.5 Å². The molecule has 104 valence electrons. The number of nitrogens with zero attached hydrogens (tertiary/aromatic N) is 2. The van der Waals surface area contributed by atoms with E-state index in [1.807, 2.05) is 0 Å². The minimum Gasteiger partial charge on any atom is -0.494 e. The van der Waals surface area contributed by atoms with E-state index in [-0.39, 0.29) is 5.82 Å². The largest absolute Gasteiger partial charge is 0.494 e. The number of H-pyrrole nitrogens is 1. The van der Waals surface area contributed by atoms with Gasteiger partial charge in [0.15, 0.2) is 4.77 Å². The quantitative estimate of drug-likeness (QED) is 0.734. The second kappa shape index (κ2) is 5.04. The third-order valence-electron chi connectivity index (χ3n) is 3.20. The average Bonchev–Trinajstić information content (AvgIpc) is 2.82. The molecule has 0 atom stereocenters. The van der Waals surface area contributed by atoms with Gasteiger partial charge in [0.2, 0.25) is 0 Å². The van der Waals surface area contributed by atoms with Gasteiger partial charge in [0.25, 0.3) is 0 Å². The zero-order valence-corrected chi connectivity index (χ0v) is 11.9. The molecule has 1 heterocycles. The first-order valence-corrected chi connectivity index (χ1v) is 6.53. The van der Waals surface area contributed by atoms with Crippen molar-refractivity contribution in [2.45, 2.75) is 0 Å². The second-order valence-electron chi connectivity index (χ2n) is 4.43. The monoisotopic (exact) mass is 299 g/mol. The molecule has 3 aromatic rings. The molecule has 0 saturated heterocycles. The Hall–Kier alpha value is -2.65. The maximum Gasteiger partial charge on any atom is 0.182 e. The highest BCUT2D eigenvalue weighted by atomic mass is 32.1. The van der Waals surface area contributed by atoms with Crippen LogP contribution in [0, 0.1) is 21.9 Å². The smallest absolute Gasteiger partial charge is 0.182 e. The van der Waals surface area contributed by atoms with Crippen molar-refractivity contribution in [3.63, 3.8) is 0 Å². The number of nitriles is 1. The van der Waals surface area contributed by atoms with Crippen molar-refractivity contribution >= 4 is 23.3 Å². The summed E-state index contributed by atoms with van der Waals surface area (Å²) in [6.07, 6.45) is 0. The topological polar surface area (TPSA) is 53.7 Å². The Balaban J connectivity index is 2.37. The first-order valence-electron chi connectivity index (χ1n) is 6.13. The van der Waals surface area contributed by atoms with Crippen LogP contribution in [-0.2, 0) is 0 Å². The molecule has 0 saturated carbocycles. The van der Waals surface area contributed by atoms with E-state index in [1.54, 1.807) is 28.8 Å². The van der Waals surface area contributed by atoms with E-state index in [9.17, 15) is 4.39 Å². The predicted molar refractivity (Wildman–Crippen MR) is 79.7 cm³/mol. The lowest BCUT2D eigenvalue weighted by Gasteiger charge is -2.10. The van der Waals surface area contributed by atoms with Gasteiger partial charge in [-0.1, -0.05) is 0 Å². The Labute approximate surface area is 125 Å². The molecule has 0 spiro atoms. The van der Waals surface area contributed by atoms with Gasteiger partial charge >= 0.3 is 0 Å². The summed E-state index contributed by atoms with van der Waals surface area (Å²) in [5.41, 5.74) is 2.67. The maximum atomic E-state index is 13.3. The maximum absolute atomic E-state index is 13.3. The molecule has 4 nitrogen and oxygen atoms in total. The summed E-state index contributed by atoms with van der Waals surface area (Å²) in [6.45, 7) is 0. The van der Waals surface area contributed by atoms with Crippen molar-refractivity contribution in [1.29, 1.82) is 5.26 Å². The molecule has 0 fully saturated rings. The van der Waals surface area contributed by atoms with Gasteiger partial charge in [-0.25, -0.2) is 4.39 Å². The fraction of sp³-hybridized carbons (Fsp3) is 0.0667. The lowest BCUT2D eigenvalue weighted by Crippen LogP contribution is -1.99. The first kappa shape index (κ1) is 13.3. The van der Waals surface area contributed by atoms with Crippen LogP contribution in [0.5, 0.6) is 5.75 Å². The van der Waals surface area contributed by atoms with Crippen LogP contribution in [-0.4, -0.2) is 16.7 Å². The number of aromatic nitrogens is 2. The summed E-state index contributed by atoms with van der Waals surface area (Å²) in [5.74, 6) is -0.0194. The fourth-order valence-corrected chi connectivity index (χ4v) is 2.55. The molecule has 21 heavy (non-hydrogen) atoms. The number of benzene rings is 2. The molecule has 0 unspecified atom stereocenters. The van der Waals surface area contributed by atoms with E-state index in [2.05, 4.69) is 11.1 Å². The Morgan fingerprint density at radius 2 is 2.10 bits per heavy atom. The van der Waals surface area contributed by atoms with Gasteiger partial charge in [0, 0.05) is 6.07 Å². The van der Waals surface area contributed by atoms with Gasteiger partial charge in [-0.05, 0) is 42.5 Å². The number of nitrogens with one attached hydrogen (secondary N) is 1. The number of halogens is 1. The molecule has 0 aliphatic heterocycles. The highest BCUT2D eigenvalue weighted by molar-refractivity contribution is 7.71. The van der Waals surface area contributed by atoms with E-state index in [1.165, 1.54) is 19.2 Å². The van der Waals surface area contributed by atoms with Gasteiger partial charge in [0.05, 0.1) is 35.5 Å². The van der Waals surface area contributed by atoms with Crippen LogP contribution in [0.15, 0.2) is 36.4 Å². The zero-order valence-electron chi connectivity index (χ0n) is 11.1. The van der Waals surface area contributed by atoms with E-state index < -0.39 is 0 Å². The molecule has 0 amide bonds. The molecular weight excluding hydrogens is 289 g/mol. The molecule has 0 radical (unpaired) electrons. The summed E-state index contributed by atoms with van der Waals surface area (Å²) >= 11 is 5.33. The van der Waals surface area contributed by atoms with E-state index in [0.29, 0.717) is 21.8 Å².